The zero-order chi connectivity index (χ0) is 13.6. The number of carbonyl (C=O) groups is 1. The molecule has 7 heteroatoms. The Bertz CT molecular complexity index is 742. The molecule has 2 aromatic rings. The number of aromatic nitrogens is 2. The normalized spacial score (nSPS) is 17.6. The van der Waals surface area contributed by atoms with Crippen molar-refractivity contribution < 1.29 is 9.90 Å². The summed E-state index contributed by atoms with van der Waals surface area (Å²) in [6, 6.07) is 4.40. The van der Waals surface area contributed by atoms with E-state index >= 15 is 0 Å². The van der Waals surface area contributed by atoms with Gasteiger partial charge in [-0.15, -0.1) is 0 Å². The summed E-state index contributed by atoms with van der Waals surface area (Å²) in [6.45, 7) is 0.603. The van der Waals surface area contributed by atoms with Gasteiger partial charge in [-0.1, -0.05) is 11.8 Å². The van der Waals surface area contributed by atoms with Crippen LogP contribution < -0.4 is 5.56 Å². The Balaban J connectivity index is 2.23. The predicted octanol–water partition coefficient (Wildman–Crippen LogP) is 1.50. The van der Waals surface area contributed by atoms with Crippen LogP contribution in [-0.2, 0) is 6.54 Å². The van der Waals surface area contributed by atoms with E-state index in [-0.39, 0.29) is 16.4 Å². The number of aromatic carboxylic acids is 1. The number of carboxylic acids is 1. The summed E-state index contributed by atoms with van der Waals surface area (Å²) in [6.07, 6.45) is 0. The van der Waals surface area contributed by atoms with Crippen molar-refractivity contribution in [2.45, 2.75) is 17.0 Å². The van der Waals surface area contributed by atoms with Crippen molar-refractivity contribution in [2.24, 2.45) is 0 Å². The van der Waals surface area contributed by atoms with Gasteiger partial charge >= 0.3 is 5.97 Å². The van der Waals surface area contributed by atoms with Crippen molar-refractivity contribution in [3.63, 3.8) is 0 Å². The molecule has 3 rings (SSSR count). The second-order valence-corrected chi connectivity index (χ2v) is 5.90. The van der Waals surface area contributed by atoms with E-state index in [2.05, 4.69) is 17.6 Å². The molecule has 1 N–H and O–H groups in total. The average Bonchev–Trinajstić information content (AvgIpc) is 2.81. The Morgan fingerprint density at radius 2 is 2.37 bits per heavy atom. The molecule has 1 aromatic heterocycles. The minimum Gasteiger partial charge on any atom is -0.478 e. The van der Waals surface area contributed by atoms with E-state index in [0.717, 1.165) is 0 Å². The summed E-state index contributed by atoms with van der Waals surface area (Å²) < 4.78 is 1.63. The van der Waals surface area contributed by atoms with E-state index < -0.39 is 5.97 Å². The summed E-state index contributed by atoms with van der Waals surface area (Å²) in [4.78, 5) is 27.6. The molecule has 0 fully saturated rings. The van der Waals surface area contributed by atoms with Gasteiger partial charge in [-0.3, -0.25) is 9.36 Å². The maximum atomic E-state index is 12.3. The van der Waals surface area contributed by atoms with Gasteiger partial charge in [0.2, 0.25) is 0 Å². The number of thiol groups is 1. The second kappa shape index (κ2) is 4.57. The Kier molecular flexibility index (Phi) is 3.02. The van der Waals surface area contributed by atoms with Crippen LogP contribution in [0.25, 0.3) is 10.9 Å². The third kappa shape index (κ3) is 2.02. The van der Waals surface area contributed by atoms with Gasteiger partial charge in [-0.2, -0.15) is 12.6 Å². The molecule has 0 spiro atoms. The summed E-state index contributed by atoms with van der Waals surface area (Å²) in [5.74, 6) is -0.352. The molecule has 98 valence electrons. The van der Waals surface area contributed by atoms with Crippen LogP contribution in [0.1, 0.15) is 10.4 Å². The fourth-order valence-electron chi connectivity index (χ4n) is 2.07. The Morgan fingerprint density at radius 1 is 1.58 bits per heavy atom. The van der Waals surface area contributed by atoms with Crippen LogP contribution in [0.3, 0.4) is 0 Å². The number of rotatable bonds is 2. The minimum absolute atomic E-state index is 0.117. The predicted molar refractivity (Wildman–Crippen MR) is 76.5 cm³/mol. The van der Waals surface area contributed by atoms with Gasteiger partial charge in [0.15, 0.2) is 5.16 Å². The van der Waals surface area contributed by atoms with E-state index in [0.29, 0.717) is 28.4 Å². The molecule has 0 aliphatic carbocycles. The molecule has 0 radical (unpaired) electrons. The van der Waals surface area contributed by atoms with Crippen molar-refractivity contribution in [2.75, 3.05) is 5.75 Å². The maximum absolute atomic E-state index is 12.3. The largest absolute Gasteiger partial charge is 0.478 e. The highest BCUT2D eigenvalue weighted by Crippen LogP contribution is 2.30. The van der Waals surface area contributed by atoms with Crippen molar-refractivity contribution in [1.29, 1.82) is 0 Å². The second-order valence-electron chi connectivity index (χ2n) is 4.27. The number of hydrogen-bond donors (Lipinski definition) is 2. The van der Waals surface area contributed by atoms with Gasteiger partial charge in [0.1, 0.15) is 0 Å². The first-order valence-electron chi connectivity index (χ1n) is 5.65. The van der Waals surface area contributed by atoms with Gasteiger partial charge in [0.05, 0.1) is 16.5 Å². The summed E-state index contributed by atoms with van der Waals surface area (Å²) >= 11 is 5.75. The smallest absolute Gasteiger partial charge is 0.335 e. The van der Waals surface area contributed by atoms with Crippen molar-refractivity contribution >= 4 is 41.3 Å². The maximum Gasteiger partial charge on any atom is 0.335 e. The van der Waals surface area contributed by atoms with Crippen LogP contribution in [0, 0.1) is 0 Å². The van der Waals surface area contributed by atoms with Crippen LogP contribution in [0.4, 0.5) is 0 Å². The van der Waals surface area contributed by atoms with Crippen molar-refractivity contribution in [3.05, 3.63) is 34.1 Å². The monoisotopic (exact) mass is 294 g/mol. The fourth-order valence-corrected chi connectivity index (χ4v) is 3.44. The van der Waals surface area contributed by atoms with Gasteiger partial charge in [-0.25, -0.2) is 9.78 Å². The highest BCUT2D eigenvalue weighted by Gasteiger charge is 2.24. The Labute approximate surface area is 118 Å². The Hall–Kier alpha value is -1.47. The van der Waals surface area contributed by atoms with Crippen LogP contribution in [0.2, 0.25) is 0 Å². The number of nitrogens with zero attached hydrogens (tertiary/aromatic N) is 2. The lowest BCUT2D eigenvalue weighted by Gasteiger charge is -2.04. The number of fused-ring (bicyclic) bond motifs is 2. The van der Waals surface area contributed by atoms with E-state index in [1.165, 1.54) is 30.0 Å². The van der Waals surface area contributed by atoms with Crippen molar-refractivity contribution in [1.82, 2.24) is 9.55 Å². The standard InChI is InChI=1S/C12H10N2O3S2/c15-10-8-2-1-6(11(16)17)3-9(8)13-12-14(10)4-7(5-18)19-12/h1-3,7,18H,4-5H2,(H,16,17). The van der Waals surface area contributed by atoms with E-state index in [9.17, 15) is 9.59 Å². The van der Waals surface area contributed by atoms with Crippen LogP contribution in [0.5, 0.6) is 0 Å². The quantitative estimate of drug-likeness (QED) is 0.649. The Morgan fingerprint density at radius 3 is 3.05 bits per heavy atom. The number of carboxylic acid groups (broad SMARTS) is 1. The lowest BCUT2D eigenvalue weighted by molar-refractivity contribution is 0.0697. The van der Waals surface area contributed by atoms with E-state index in [1.54, 1.807) is 4.57 Å². The third-order valence-electron chi connectivity index (χ3n) is 3.03. The van der Waals surface area contributed by atoms with E-state index in [4.69, 9.17) is 5.11 Å². The first kappa shape index (κ1) is 12.6. The van der Waals surface area contributed by atoms with Crippen molar-refractivity contribution in [3.8, 4) is 0 Å². The summed E-state index contributed by atoms with van der Waals surface area (Å²) in [5, 5.41) is 10.3. The molecular weight excluding hydrogens is 284 g/mol. The van der Waals surface area contributed by atoms with Gasteiger partial charge in [0.25, 0.3) is 5.56 Å². The molecule has 5 nitrogen and oxygen atoms in total. The fraction of sp³-hybridized carbons (Fsp3) is 0.250. The molecule has 0 bridgehead atoms. The molecule has 0 saturated carbocycles. The first-order valence-corrected chi connectivity index (χ1v) is 7.17. The topological polar surface area (TPSA) is 72.2 Å². The molecule has 0 amide bonds. The van der Waals surface area contributed by atoms with Crippen LogP contribution >= 0.6 is 24.4 Å². The molecule has 19 heavy (non-hydrogen) atoms. The molecular formula is C12H10N2O3S2. The lowest BCUT2D eigenvalue weighted by atomic mass is 10.1. The minimum atomic E-state index is -1.02. The summed E-state index contributed by atoms with van der Waals surface area (Å²) in [7, 11) is 0. The highest BCUT2D eigenvalue weighted by molar-refractivity contribution is 8.00. The highest BCUT2D eigenvalue weighted by atomic mass is 32.2. The summed E-state index contributed by atoms with van der Waals surface area (Å²) in [5.41, 5.74) is 0.454. The zero-order valence-corrected chi connectivity index (χ0v) is 11.4. The molecule has 1 aromatic carbocycles. The number of benzene rings is 1. The number of hydrogen-bond acceptors (Lipinski definition) is 5. The molecule has 1 aliphatic heterocycles. The molecule has 1 aliphatic rings. The molecule has 1 atom stereocenters. The molecule has 0 saturated heterocycles. The van der Waals surface area contributed by atoms with Crippen LogP contribution in [0.15, 0.2) is 28.2 Å². The van der Waals surface area contributed by atoms with E-state index in [1.807, 2.05) is 0 Å². The average molecular weight is 294 g/mol. The molecule has 2 heterocycles. The lowest BCUT2D eigenvalue weighted by Crippen LogP contribution is -2.22. The van der Waals surface area contributed by atoms with Gasteiger partial charge in [-0.05, 0) is 18.2 Å². The number of thioether (sulfide) groups is 1. The molecule has 1 unspecified atom stereocenters. The van der Waals surface area contributed by atoms with Gasteiger partial charge in [0, 0.05) is 17.5 Å². The first-order chi connectivity index (χ1) is 9.10. The zero-order valence-electron chi connectivity index (χ0n) is 9.74. The SMILES string of the molecule is O=C(O)c1ccc2c(=O)n3c(nc2c1)SC(CS)C3. The third-order valence-corrected chi connectivity index (χ3v) is 4.89. The van der Waals surface area contributed by atoms with Gasteiger partial charge < -0.3 is 5.11 Å². The van der Waals surface area contributed by atoms with Crippen LogP contribution in [-0.4, -0.2) is 31.6 Å².